The molecule has 1 aliphatic carbocycles. The van der Waals surface area contributed by atoms with Crippen LogP contribution in [0.1, 0.15) is 17.5 Å². The van der Waals surface area contributed by atoms with E-state index < -0.39 is 0 Å². The maximum atomic E-state index is 8.90. The lowest BCUT2D eigenvalue weighted by molar-refractivity contribution is 0.217. The number of oxime groups is 1. The molecule has 0 unspecified atom stereocenters. The molecule has 1 aliphatic rings. The maximum absolute atomic E-state index is 8.90. The summed E-state index contributed by atoms with van der Waals surface area (Å²) in [5.41, 5.74) is 2.94. The monoisotopic (exact) mass is 283 g/mol. The van der Waals surface area contributed by atoms with Gasteiger partial charge in [0.25, 0.3) is 0 Å². The van der Waals surface area contributed by atoms with Gasteiger partial charge < -0.3 is 14.7 Å². The molecule has 0 bridgehead atoms. The van der Waals surface area contributed by atoms with Gasteiger partial charge in [0, 0.05) is 5.56 Å². The second kappa shape index (κ2) is 6.31. The van der Waals surface area contributed by atoms with Crippen LogP contribution in [0.5, 0.6) is 11.5 Å². The highest BCUT2D eigenvalue weighted by Crippen LogP contribution is 2.26. The van der Waals surface area contributed by atoms with Crippen LogP contribution in [0, 0.1) is 0 Å². The molecule has 0 amide bonds. The van der Waals surface area contributed by atoms with Gasteiger partial charge in [0.1, 0.15) is 24.7 Å². The van der Waals surface area contributed by atoms with Crippen molar-refractivity contribution in [1.82, 2.24) is 0 Å². The molecule has 21 heavy (non-hydrogen) atoms. The first-order chi connectivity index (χ1) is 10.4. The number of fused-ring (bicyclic) bond motifs is 1. The summed E-state index contributed by atoms with van der Waals surface area (Å²) >= 11 is 0. The first-order valence-corrected chi connectivity index (χ1v) is 7.02. The minimum Gasteiger partial charge on any atom is -0.490 e. The predicted octanol–water partition coefficient (Wildman–Crippen LogP) is 3.27. The first-order valence-electron chi connectivity index (χ1n) is 7.02. The average molecular weight is 283 g/mol. The van der Waals surface area contributed by atoms with E-state index >= 15 is 0 Å². The van der Waals surface area contributed by atoms with Crippen LogP contribution in [0.3, 0.4) is 0 Å². The summed E-state index contributed by atoms with van der Waals surface area (Å²) in [6, 6.07) is 15.5. The highest BCUT2D eigenvalue weighted by atomic mass is 16.5. The number of nitrogens with zero attached hydrogens (tertiary/aromatic N) is 1. The Morgan fingerprint density at radius 2 is 1.67 bits per heavy atom. The lowest BCUT2D eigenvalue weighted by atomic mass is 10.1. The summed E-state index contributed by atoms with van der Waals surface area (Å²) in [6.45, 7) is 0.999. The maximum Gasteiger partial charge on any atom is 0.122 e. The predicted molar refractivity (Wildman–Crippen MR) is 80.5 cm³/mol. The number of benzene rings is 2. The number of hydrogen-bond acceptors (Lipinski definition) is 4. The van der Waals surface area contributed by atoms with Crippen LogP contribution in [-0.2, 0) is 6.42 Å². The average Bonchev–Trinajstić information content (AvgIpc) is 2.95. The Morgan fingerprint density at radius 3 is 2.43 bits per heavy atom. The summed E-state index contributed by atoms with van der Waals surface area (Å²) in [5.74, 6) is 1.67. The molecule has 0 radical (unpaired) electrons. The van der Waals surface area contributed by atoms with Gasteiger partial charge >= 0.3 is 0 Å². The van der Waals surface area contributed by atoms with Gasteiger partial charge in [-0.05, 0) is 48.7 Å². The number of para-hydroxylation sites is 1. The Balaban J connectivity index is 1.53. The first kappa shape index (κ1) is 13.5. The summed E-state index contributed by atoms with van der Waals surface area (Å²) in [5, 5.41) is 12.2. The molecule has 0 saturated carbocycles. The van der Waals surface area contributed by atoms with Crippen molar-refractivity contribution in [2.75, 3.05) is 13.2 Å². The molecule has 0 aliphatic heterocycles. The molecule has 3 rings (SSSR count). The molecule has 108 valence electrons. The molecule has 0 fully saturated rings. The summed E-state index contributed by atoms with van der Waals surface area (Å²) in [7, 11) is 0. The summed E-state index contributed by atoms with van der Waals surface area (Å²) in [6.07, 6.45) is 1.68. The lowest BCUT2D eigenvalue weighted by Crippen LogP contribution is -2.09. The number of hydrogen-bond donors (Lipinski definition) is 1. The third kappa shape index (κ3) is 3.16. The molecule has 4 heteroatoms. The van der Waals surface area contributed by atoms with E-state index in [0.29, 0.717) is 13.2 Å². The van der Waals surface area contributed by atoms with E-state index in [1.807, 2.05) is 48.5 Å². The Bertz CT molecular complexity index is 638. The molecular weight excluding hydrogens is 266 g/mol. The molecule has 2 aromatic carbocycles. The second-order valence-electron chi connectivity index (χ2n) is 4.88. The van der Waals surface area contributed by atoms with Crippen molar-refractivity contribution >= 4 is 5.71 Å². The van der Waals surface area contributed by atoms with Gasteiger partial charge in [-0.25, -0.2) is 0 Å². The third-order valence-corrected chi connectivity index (χ3v) is 3.50. The standard InChI is InChI=1S/C17H17NO3/c19-18-17-9-6-13-12-15(7-8-16(13)17)21-11-10-20-14-4-2-1-3-5-14/h1-5,7-8,12,19H,6,9-11H2/b18-17-. The van der Waals surface area contributed by atoms with Crippen molar-refractivity contribution in [2.45, 2.75) is 12.8 Å². The zero-order chi connectivity index (χ0) is 14.5. The number of ether oxygens (including phenoxy) is 2. The van der Waals surface area contributed by atoms with E-state index in [0.717, 1.165) is 35.6 Å². The fourth-order valence-electron chi connectivity index (χ4n) is 2.48. The van der Waals surface area contributed by atoms with Crippen molar-refractivity contribution < 1.29 is 14.7 Å². The molecule has 2 aromatic rings. The van der Waals surface area contributed by atoms with E-state index in [1.165, 1.54) is 5.56 Å². The summed E-state index contributed by atoms with van der Waals surface area (Å²) < 4.78 is 11.3. The van der Waals surface area contributed by atoms with Crippen molar-refractivity contribution in [3.8, 4) is 11.5 Å². The minimum absolute atomic E-state index is 0.495. The molecule has 0 spiro atoms. The lowest BCUT2D eigenvalue weighted by Gasteiger charge is -2.09. The number of rotatable bonds is 5. The van der Waals surface area contributed by atoms with Gasteiger partial charge in [0.15, 0.2) is 0 Å². The Hall–Kier alpha value is -2.49. The van der Waals surface area contributed by atoms with Crippen LogP contribution in [0.4, 0.5) is 0 Å². The zero-order valence-electron chi connectivity index (χ0n) is 11.7. The van der Waals surface area contributed by atoms with E-state index in [9.17, 15) is 0 Å². The van der Waals surface area contributed by atoms with E-state index in [4.69, 9.17) is 14.7 Å². The van der Waals surface area contributed by atoms with E-state index in [-0.39, 0.29) is 0 Å². The molecule has 0 aromatic heterocycles. The Morgan fingerprint density at radius 1 is 0.905 bits per heavy atom. The van der Waals surface area contributed by atoms with E-state index in [1.54, 1.807) is 0 Å². The van der Waals surface area contributed by atoms with Crippen LogP contribution in [0.15, 0.2) is 53.7 Å². The van der Waals surface area contributed by atoms with Crippen molar-refractivity contribution in [3.05, 3.63) is 59.7 Å². The van der Waals surface area contributed by atoms with Crippen LogP contribution >= 0.6 is 0 Å². The fraction of sp³-hybridized carbons (Fsp3) is 0.235. The van der Waals surface area contributed by atoms with Crippen LogP contribution in [0.2, 0.25) is 0 Å². The van der Waals surface area contributed by atoms with Gasteiger partial charge in [-0.1, -0.05) is 23.4 Å². The van der Waals surface area contributed by atoms with Crippen molar-refractivity contribution in [3.63, 3.8) is 0 Å². The van der Waals surface area contributed by atoms with Gasteiger partial charge in [0.05, 0.1) is 5.71 Å². The topological polar surface area (TPSA) is 51.1 Å². The highest BCUT2D eigenvalue weighted by Gasteiger charge is 2.18. The Kier molecular flexibility index (Phi) is 4.05. The van der Waals surface area contributed by atoms with Gasteiger partial charge in [-0.3, -0.25) is 0 Å². The molecule has 4 nitrogen and oxygen atoms in total. The number of aryl methyl sites for hydroxylation is 1. The van der Waals surface area contributed by atoms with Crippen LogP contribution in [-0.4, -0.2) is 24.1 Å². The highest BCUT2D eigenvalue weighted by molar-refractivity contribution is 6.04. The van der Waals surface area contributed by atoms with E-state index in [2.05, 4.69) is 5.16 Å². The normalized spacial score (nSPS) is 15.0. The quantitative estimate of drug-likeness (QED) is 0.520. The minimum atomic E-state index is 0.495. The zero-order valence-corrected chi connectivity index (χ0v) is 11.7. The van der Waals surface area contributed by atoms with Gasteiger partial charge in [-0.15, -0.1) is 0 Å². The molecular formula is C17H17NO3. The largest absolute Gasteiger partial charge is 0.490 e. The van der Waals surface area contributed by atoms with Crippen LogP contribution in [0.25, 0.3) is 0 Å². The molecule has 0 atom stereocenters. The SMILES string of the molecule is O/N=C1/CCc2cc(OCCOc3ccccc3)ccc21. The van der Waals surface area contributed by atoms with Crippen LogP contribution < -0.4 is 9.47 Å². The molecule has 0 heterocycles. The smallest absolute Gasteiger partial charge is 0.122 e. The van der Waals surface area contributed by atoms with Gasteiger partial charge in [-0.2, -0.15) is 0 Å². The third-order valence-electron chi connectivity index (χ3n) is 3.50. The molecule has 1 N–H and O–H groups in total. The Labute approximate surface area is 123 Å². The van der Waals surface area contributed by atoms with Crippen molar-refractivity contribution in [2.24, 2.45) is 5.16 Å². The van der Waals surface area contributed by atoms with Crippen molar-refractivity contribution in [1.29, 1.82) is 0 Å². The van der Waals surface area contributed by atoms with Gasteiger partial charge in [0.2, 0.25) is 0 Å². The summed E-state index contributed by atoms with van der Waals surface area (Å²) in [4.78, 5) is 0. The molecule has 0 saturated heterocycles. The fourth-order valence-corrected chi connectivity index (χ4v) is 2.48. The second-order valence-corrected chi connectivity index (χ2v) is 4.88.